The van der Waals surface area contributed by atoms with Crippen LogP contribution < -0.4 is 21.3 Å². The fourth-order valence-corrected chi connectivity index (χ4v) is 5.14. The molecule has 0 fully saturated rings. The van der Waals surface area contributed by atoms with E-state index in [0.29, 0.717) is 0 Å². The summed E-state index contributed by atoms with van der Waals surface area (Å²) in [5, 5.41) is 14.8. The van der Waals surface area contributed by atoms with Crippen molar-refractivity contribution in [1.82, 2.24) is 25.8 Å². The molecule has 2 heterocycles. The molecule has 1 unspecified atom stereocenters. The Labute approximate surface area is 236 Å². The number of hydrogen-bond donors (Lipinski definition) is 4. The Hall–Kier alpha value is -3.22. The van der Waals surface area contributed by atoms with Crippen LogP contribution in [0, 0.1) is 0 Å². The van der Waals surface area contributed by atoms with Gasteiger partial charge in [0.25, 0.3) is 0 Å². The van der Waals surface area contributed by atoms with Gasteiger partial charge in [-0.2, -0.15) is 0 Å². The van der Waals surface area contributed by atoms with Crippen molar-refractivity contribution < 1.29 is 0 Å². The van der Waals surface area contributed by atoms with Crippen LogP contribution >= 0.6 is 0 Å². The molecule has 0 spiro atoms. The number of nitrogens with one attached hydrogen (secondary N) is 4. The second-order valence-corrected chi connectivity index (χ2v) is 11.0. The van der Waals surface area contributed by atoms with Gasteiger partial charge in [0.2, 0.25) is 0 Å². The first-order valence-electron chi connectivity index (χ1n) is 14.6. The second kappa shape index (κ2) is 14.8. The number of aryl methyl sites for hydroxylation is 1. The van der Waals surface area contributed by atoms with Crippen molar-refractivity contribution in [3.8, 4) is 0 Å². The molecule has 2 aliphatic rings. The largest absolute Gasteiger partial charge is 0.385 e. The Morgan fingerprint density at radius 2 is 1.72 bits per heavy atom. The zero-order valence-corrected chi connectivity index (χ0v) is 24.4. The normalized spacial score (nSPS) is 16.7. The number of allylic oxidation sites excluding steroid dienone is 2. The minimum atomic E-state index is 0.178. The molecule has 4 rings (SSSR count). The Morgan fingerprint density at radius 1 is 0.923 bits per heavy atom. The molecule has 1 atom stereocenters. The summed E-state index contributed by atoms with van der Waals surface area (Å²) in [7, 11) is 6.45. The molecule has 0 amide bonds. The van der Waals surface area contributed by atoms with Crippen molar-refractivity contribution in [1.29, 1.82) is 0 Å². The molecule has 6 heteroatoms. The number of fused-ring (bicyclic) bond motifs is 1. The lowest BCUT2D eigenvalue weighted by Gasteiger charge is -2.34. The first-order chi connectivity index (χ1) is 19.0. The molecular weight excluding hydrogens is 480 g/mol. The first kappa shape index (κ1) is 28.8. The summed E-state index contributed by atoms with van der Waals surface area (Å²) in [6.07, 6.45) is 11.4. The molecule has 0 saturated heterocycles. The highest BCUT2D eigenvalue weighted by molar-refractivity contribution is 5.80. The topological polar surface area (TPSA) is 54.6 Å². The van der Waals surface area contributed by atoms with E-state index in [0.717, 1.165) is 65.0 Å². The molecule has 0 bridgehead atoms. The van der Waals surface area contributed by atoms with Crippen LogP contribution in [0.3, 0.4) is 0 Å². The maximum atomic E-state index is 3.82. The van der Waals surface area contributed by atoms with Crippen molar-refractivity contribution >= 4 is 11.4 Å². The highest BCUT2D eigenvalue weighted by Crippen LogP contribution is 2.32. The van der Waals surface area contributed by atoms with E-state index < -0.39 is 0 Å². The van der Waals surface area contributed by atoms with Crippen LogP contribution in [0.25, 0.3) is 5.70 Å². The number of rotatable bonds is 15. The molecule has 39 heavy (non-hydrogen) atoms. The maximum absolute atomic E-state index is 3.82. The second-order valence-electron chi connectivity index (χ2n) is 11.0. The summed E-state index contributed by atoms with van der Waals surface area (Å²) in [5.41, 5.74) is 7.84. The van der Waals surface area contributed by atoms with Crippen molar-refractivity contribution in [2.24, 2.45) is 0 Å². The van der Waals surface area contributed by atoms with Gasteiger partial charge in [-0.25, -0.2) is 0 Å². The minimum Gasteiger partial charge on any atom is -0.385 e. The van der Waals surface area contributed by atoms with E-state index in [-0.39, 0.29) is 6.04 Å². The minimum absolute atomic E-state index is 0.178. The zero-order chi connectivity index (χ0) is 27.5. The van der Waals surface area contributed by atoms with E-state index in [2.05, 4.69) is 126 Å². The van der Waals surface area contributed by atoms with Gasteiger partial charge in [0.15, 0.2) is 0 Å². The van der Waals surface area contributed by atoms with E-state index in [9.17, 15) is 0 Å². The smallest absolute Gasteiger partial charge is 0.101 e. The van der Waals surface area contributed by atoms with E-state index in [4.69, 9.17) is 0 Å². The van der Waals surface area contributed by atoms with Crippen molar-refractivity contribution in [3.05, 3.63) is 94.8 Å². The fraction of sp³-hybridized carbons (Fsp3) is 0.455. The molecule has 0 radical (unpaired) electrons. The molecule has 2 aromatic carbocycles. The van der Waals surface area contributed by atoms with Crippen molar-refractivity contribution in [2.45, 2.75) is 45.2 Å². The van der Waals surface area contributed by atoms with Crippen LogP contribution in [0.5, 0.6) is 0 Å². The Kier molecular flexibility index (Phi) is 10.9. The van der Waals surface area contributed by atoms with E-state index >= 15 is 0 Å². The van der Waals surface area contributed by atoms with E-state index in [1.54, 1.807) is 0 Å². The third-order valence-electron chi connectivity index (χ3n) is 7.47. The molecule has 6 nitrogen and oxygen atoms in total. The third-order valence-corrected chi connectivity index (χ3v) is 7.47. The average Bonchev–Trinajstić information content (AvgIpc) is 2.95. The predicted octanol–water partition coefficient (Wildman–Crippen LogP) is 4.80. The summed E-state index contributed by atoms with van der Waals surface area (Å²) in [4.78, 5) is 4.58. The summed E-state index contributed by atoms with van der Waals surface area (Å²) in [5.74, 6) is 1.20. The number of nitrogens with zero attached hydrogens (tertiary/aromatic N) is 2. The SMILES string of the molecule is CCc1ccc2c(c1)NC(C1=CC=C(NCCCCNCc3ccccc3)N(C)C1)C=C2NCCCN(C)C. The molecule has 210 valence electrons. The molecule has 0 aromatic heterocycles. The Balaban J connectivity index is 1.31. The number of anilines is 1. The van der Waals surface area contributed by atoms with Gasteiger partial charge in [-0.3, -0.25) is 0 Å². The van der Waals surface area contributed by atoms with Gasteiger partial charge < -0.3 is 31.1 Å². The van der Waals surface area contributed by atoms with Crippen LogP contribution in [0.1, 0.15) is 42.9 Å². The maximum Gasteiger partial charge on any atom is 0.101 e. The van der Waals surface area contributed by atoms with Crippen LogP contribution in [0.2, 0.25) is 0 Å². The molecule has 0 aliphatic carbocycles. The van der Waals surface area contributed by atoms with E-state index in [1.807, 2.05) is 0 Å². The van der Waals surface area contributed by atoms with E-state index in [1.165, 1.54) is 39.5 Å². The molecule has 4 N–H and O–H groups in total. The molecule has 0 saturated carbocycles. The highest BCUT2D eigenvalue weighted by atomic mass is 15.2. The summed E-state index contributed by atoms with van der Waals surface area (Å²) in [6, 6.07) is 17.6. The van der Waals surface area contributed by atoms with Crippen molar-refractivity contribution in [3.63, 3.8) is 0 Å². The van der Waals surface area contributed by atoms with Gasteiger partial charge in [-0.05, 0) is 87.8 Å². The van der Waals surface area contributed by atoms with Crippen LogP contribution in [0.4, 0.5) is 5.69 Å². The lowest BCUT2D eigenvalue weighted by atomic mass is 9.94. The van der Waals surface area contributed by atoms with Crippen LogP contribution in [-0.4, -0.2) is 69.7 Å². The Morgan fingerprint density at radius 3 is 2.49 bits per heavy atom. The lowest BCUT2D eigenvalue weighted by Crippen LogP contribution is -2.37. The monoisotopic (exact) mass is 528 g/mol. The lowest BCUT2D eigenvalue weighted by molar-refractivity contribution is 0.398. The molecule has 2 aromatic rings. The van der Waals surface area contributed by atoms with Crippen molar-refractivity contribution in [2.75, 3.05) is 59.2 Å². The summed E-state index contributed by atoms with van der Waals surface area (Å²) < 4.78 is 0. The van der Waals surface area contributed by atoms with Gasteiger partial charge in [-0.1, -0.05) is 55.5 Å². The molecule has 2 aliphatic heterocycles. The van der Waals surface area contributed by atoms with Gasteiger partial charge >= 0.3 is 0 Å². The van der Waals surface area contributed by atoms with Crippen LogP contribution in [0.15, 0.2) is 78.2 Å². The summed E-state index contributed by atoms with van der Waals surface area (Å²) >= 11 is 0. The standard InChI is InChI=1S/C33H48N6/c1-5-26-14-16-29-31(35-20-11-21-38(2)3)23-30(37-32(29)22-26)28-15-17-33(39(4)25-28)36-19-10-9-18-34-24-27-12-7-6-8-13-27/h6-8,12-17,22-23,30,34-37H,5,9-11,18-21,24-25H2,1-4H3. The van der Waals surface area contributed by atoms with Crippen LogP contribution in [-0.2, 0) is 13.0 Å². The zero-order valence-electron chi connectivity index (χ0n) is 24.4. The predicted molar refractivity (Wildman–Crippen MR) is 167 cm³/mol. The number of likely N-dealkylation sites (N-methyl/N-ethyl adjacent to an activating group) is 1. The van der Waals surface area contributed by atoms with Gasteiger partial charge in [0.05, 0.1) is 6.04 Å². The Bertz CT molecular complexity index is 1130. The van der Waals surface area contributed by atoms with Gasteiger partial charge in [-0.15, -0.1) is 0 Å². The quantitative estimate of drug-likeness (QED) is 0.249. The number of unbranched alkanes of at least 4 members (excludes halogenated alkanes) is 1. The number of benzene rings is 2. The molecular formula is C33H48N6. The van der Waals surface area contributed by atoms with Gasteiger partial charge in [0, 0.05) is 50.2 Å². The third kappa shape index (κ3) is 8.64. The first-order valence-corrected chi connectivity index (χ1v) is 14.6. The average molecular weight is 529 g/mol. The highest BCUT2D eigenvalue weighted by Gasteiger charge is 2.24. The summed E-state index contributed by atoms with van der Waals surface area (Å²) in [6.45, 7) is 8.16. The van der Waals surface area contributed by atoms with Gasteiger partial charge in [0.1, 0.15) is 5.82 Å². The fourth-order valence-electron chi connectivity index (χ4n) is 5.14. The number of hydrogen-bond acceptors (Lipinski definition) is 6.